The van der Waals surface area contributed by atoms with E-state index in [1.165, 1.54) is 23.8 Å². The summed E-state index contributed by atoms with van der Waals surface area (Å²) in [4.78, 5) is 4.62. The predicted octanol–water partition coefficient (Wildman–Crippen LogP) is 4.24. The van der Waals surface area contributed by atoms with Crippen LogP contribution in [0.15, 0.2) is 30.3 Å². The highest BCUT2D eigenvalue weighted by Gasteiger charge is 2.14. The maximum Gasteiger partial charge on any atom is 0.0708 e. The summed E-state index contributed by atoms with van der Waals surface area (Å²) in [6.45, 7) is 6.64. The minimum absolute atomic E-state index is 0.411. The van der Waals surface area contributed by atoms with Crippen LogP contribution in [0.5, 0.6) is 0 Å². The van der Waals surface area contributed by atoms with Crippen LogP contribution >= 0.6 is 0 Å². The number of rotatable bonds is 5. The molecule has 0 radical (unpaired) electrons. The SMILES string of the molecule is CNC(CCC(C)C)c1cc(C)nc2ccccc12. The fourth-order valence-electron chi connectivity index (χ4n) is 2.58. The van der Waals surface area contributed by atoms with E-state index in [9.17, 15) is 0 Å². The quantitative estimate of drug-likeness (QED) is 0.865. The third-order valence-corrected chi connectivity index (χ3v) is 3.63. The van der Waals surface area contributed by atoms with Crippen LogP contribution in [0.1, 0.15) is 44.0 Å². The minimum atomic E-state index is 0.411. The van der Waals surface area contributed by atoms with Crippen LogP contribution in [0.4, 0.5) is 0 Å². The summed E-state index contributed by atoms with van der Waals surface area (Å²) in [6, 6.07) is 11.1. The van der Waals surface area contributed by atoms with Crippen molar-refractivity contribution < 1.29 is 0 Å². The van der Waals surface area contributed by atoms with Crippen molar-refractivity contribution in [3.05, 3.63) is 41.6 Å². The van der Waals surface area contributed by atoms with E-state index in [1.54, 1.807) is 0 Å². The van der Waals surface area contributed by atoms with E-state index in [-0.39, 0.29) is 0 Å². The molecule has 0 saturated carbocycles. The van der Waals surface area contributed by atoms with Gasteiger partial charge in [0.2, 0.25) is 0 Å². The van der Waals surface area contributed by atoms with Crippen LogP contribution in [-0.2, 0) is 0 Å². The second-order valence-corrected chi connectivity index (χ2v) is 5.68. The average Bonchev–Trinajstić information content (AvgIpc) is 2.38. The molecule has 1 unspecified atom stereocenters. The number of fused-ring (bicyclic) bond motifs is 1. The lowest BCUT2D eigenvalue weighted by molar-refractivity contribution is 0.466. The Labute approximate surface area is 116 Å². The Kier molecular flexibility index (Phi) is 4.54. The van der Waals surface area contributed by atoms with Crippen LogP contribution in [0.3, 0.4) is 0 Å². The van der Waals surface area contributed by atoms with Gasteiger partial charge in [0, 0.05) is 17.1 Å². The normalized spacial score (nSPS) is 13.1. The molecule has 1 aromatic carbocycles. The zero-order valence-corrected chi connectivity index (χ0v) is 12.4. The summed E-state index contributed by atoms with van der Waals surface area (Å²) in [5.74, 6) is 0.741. The molecule has 0 bridgehead atoms. The smallest absolute Gasteiger partial charge is 0.0708 e. The van der Waals surface area contributed by atoms with Crippen molar-refractivity contribution in [1.29, 1.82) is 0 Å². The van der Waals surface area contributed by atoms with Crippen molar-refractivity contribution in [1.82, 2.24) is 10.3 Å². The summed E-state index contributed by atoms with van der Waals surface area (Å²) in [7, 11) is 2.05. The van der Waals surface area contributed by atoms with E-state index in [0.717, 1.165) is 17.1 Å². The molecule has 1 N–H and O–H groups in total. The molecule has 0 saturated heterocycles. The molecule has 2 heteroatoms. The molecule has 0 spiro atoms. The minimum Gasteiger partial charge on any atom is -0.313 e. The molecule has 0 aliphatic carbocycles. The molecule has 2 rings (SSSR count). The van der Waals surface area contributed by atoms with E-state index in [1.807, 2.05) is 0 Å². The van der Waals surface area contributed by atoms with Crippen molar-refractivity contribution in [2.45, 2.75) is 39.7 Å². The monoisotopic (exact) mass is 256 g/mol. The average molecular weight is 256 g/mol. The summed E-state index contributed by atoms with van der Waals surface area (Å²) < 4.78 is 0. The van der Waals surface area contributed by atoms with Crippen LogP contribution < -0.4 is 5.32 Å². The highest BCUT2D eigenvalue weighted by atomic mass is 14.9. The second kappa shape index (κ2) is 6.16. The molecule has 2 aromatic rings. The molecule has 1 heterocycles. The van der Waals surface area contributed by atoms with Crippen molar-refractivity contribution in [3.63, 3.8) is 0 Å². The van der Waals surface area contributed by atoms with Crippen molar-refractivity contribution in [2.24, 2.45) is 5.92 Å². The third kappa shape index (κ3) is 3.32. The van der Waals surface area contributed by atoms with Gasteiger partial charge in [-0.2, -0.15) is 0 Å². The Hall–Kier alpha value is -1.41. The van der Waals surface area contributed by atoms with Gasteiger partial charge in [-0.3, -0.25) is 4.98 Å². The summed E-state index contributed by atoms with van der Waals surface area (Å²) in [5.41, 5.74) is 3.58. The Morgan fingerprint density at radius 1 is 1.16 bits per heavy atom. The zero-order chi connectivity index (χ0) is 13.8. The van der Waals surface area contributed by atoms with Crippen LogP contribution in [0.2, 0.25) is 0 Å². The first-order chi connectivity index (χ1) is 9.11. The third-order valence-electron chi connectivity index (χ3n) is 3.63. The maximum atomic E-state index is 4.62. The van der Waals surface area contributed by atoms with E-state index in [0.29, 0.717) is 6.04 Å². The first kappa shape index (κ1) is 14.0. The van der Waals surface area contributed by atoms with E-state index in [2.05, 4.69) is 68.5 Å². The number of nitrogens with one attached hydrogen (secondary N) is 1. The number of pyridine rings is 1. The Balaban J connectivity index is 2.41. The highest BCUT2D eigenvalue weighted by Crippen LogP contribution is 2.27. The van der Waals surface area contributed by atoms with Crippen molar-refractivity contribution >= 4 is 10.9 Å². The summed E-state index contributed by atoms with van der Waals surface area (Å²) >= 11 is 0. The standard InChI is InChI=1S/C17H24N2/c1-12(2)9-10-16(18-4)15-11-13(3)19-17-8-6-5-7-14(15)17/h5-8,11-12,16,18H,9-10H2,1-4H3. The van der Waals surface area contributed by atoms with Gasteiger partial charge in [0.25, 0.3) is 0 Å². The number of benzene rings is 1. The van der Waals surface area contributed by atoms with Gasteiger partial charge < -0.3 is 5.32 Å². The molecule has 1 aromatic heterocycles. The van der Waals surface area contributed by atoms with E-state index in [4.69, 9.17) is 0 Å². The van der Waals surface area contributed by atoms with Gasteiger partial charge in [-0.25, -0.2) is 0 Å². The molecular formula is C17H24N2. The zero-order valence-electron chi connectivity index (χ0n) is 12.4. The molecule has 0 aliphatic rings. The first-order valence-corrected chi connectivity index (χ1v) is 7.15. The molecule has 2 nitrogen and oxygen atoms in total. The number of hydrogen-bond donors (Lipinski definition) is 1. The number of aromatic nitrogens is 1. The van der Waals surface area contributed by atoms with Crippen molar-refractivity contribution in [3.8, 4) is 0 Å². The number of hydrogen-bond acceptors (Lipinski definition) is 2. The molecule has 0 amide bonds. The molecule has 0 fully saturated rings. The highest BCUT2D eigenvalue weighted by molar-refractivity contribution is 5.82. The Morgan fingerprint density at radius 3 is 2.58 bits per heavy atom. The lowest BCUT2D eigenvalue weighted by Crippen LogP contribution is -2.17. The summed E-state index contributed by atoms with van der Waals surface area (Å²) in [5, 5.41) is 4.74. The lowest BCUT2D eigenvalue weighted by atomic mass is 9.94. The number of aryl methyl sites for hydroxylation is 1. The topological polar surface area (TPSA) is 24.9 Å². The van der Waals surface area contributed by atoms with Gasteiger partial charge >= 0.3 is 0 Å². The fraction of sp³-hybridized carbons (Fsp3) is 0.471. The lowest BCUT2D eigenvalue weighted by Gasteiger charge is -2.20. The fourth-order valence-corrected chi connectivity index (χ4v) is 2.58. The molecule has 1 atom stereocenters. The molecular weight excluding hydrogens is 232 g/mol. The van der Waals surface area contributed by atoms with Gasteiger partial charge in [-0.05, 0) is 50.4 Å². The van der Waals surface area contributed by atoms with Crippen LogP contribution in [0, 0.1) is 12.8 Å². The Bertz CT molecular complexity index is 546. The summed E-state index contributed by atoms with van der Waals surface area (Å²) in [6.07, 6.45) is 2.41. The first-order valence-electron chi connectivity index (χ1n) is 7.15. The second-order valence-electron chi connectivity index (χ2n) is 5.68. The molecule has 102 valence electrons. The molecule has 19 heavy (non-hydrogen) atoms. The van der Waals surface area contributed by atoms with Crippen LogP contribution in [0.25, 0.3) is 10.9 Å². The van der Waals surface area contributed by atoms with Gasteiger partial charge in [-0.15, -0.1) is 0 Å². The largest absolute Gasteiger partial charge is 0.313 e. The predicted molar refractivity (Wildman–Crippen MR) is 82.4 cm³/mol. The molecule has 0 aliphatic heterocycles. The van der Waals surface area contributed by atoms with Gasteiger partial charge in [0.15, 0.2) is 0 Å². The van der Waals surface area contributed by atoms with Crippen LogP contribution in [-0.4, -0.2) is 12.0 Å². The van der Waals surface area contributed by atoms with Gasteiger partial charge in [-0.1, -0.05) is 32.0 Å². The number of para-hydroxylation sites is 1. The van der Waals surface area contributed by atoms with Crippen molar-refractivity contribution in [2.75, 3.05) is 7.05 Å². The van der Waals surface area contributed by atoms with E-state index < -0.39 is 0 Å². The Morgan fingerprint density at radius 2 is 1.89 bits per heavy atom. The van der Waals surface area contributed by atoms with E-state index >= 15 is 0 Å². The van der Waals surface area contributed by atoms with Gasteiger partial charge in [0.1, 0.15) is 0 Å². The maximum absolute atomic E-state index is 4.62. The number of nitrogens with zero attached hydrogens (tertiary/aromatic N) is 1. The van der Waals surface area contributed by atoms with Gasteiger partial charge in [0.05, 0.1) is 5.52 Å².